The Hall–Kier alpha value is -0.590. The number of nitrogens with zero attached hydrogens (tertiary/aromatic N) is 2. The molecule has 1 atom stereocenters. The molecule has 2 aromatic rings. The van der Waals surface area contributed by atoms with Gasteiger partial charge in [-0.05, 0) is 47.2 Å². The van der Waals surface area contributed by atoms with Gasteiger partial charge in [0.2, 0.25) is 0 Å². The summed E-state index contributed by atoms with van der Waals surface area (Å²) in [6.45, 7) is 1.71. The molecular weight excluding hydrogens is 338 g/mol. The lowest BCUT2D eigenvalue weighted by atomic mass is 10.1. The fourth-order valence-corrected chi connectivity index (χ4v) is 2.07. The van der Waals surface area contributed by atoms with Crippen LogP contribution in [0.4, 0.5) is 0 Å². The van der Waals surface area contributed by atoms with Gasteiger partial charge < -0.3 is 5.11 Å². The van der Waals surface area contributed by atoms with E-state index < -0.39 is 6.10 Å². The number of benzene rings is 1. The largest absolute Gasteiger partial charge is 0.389 e. The maximum Gasteiger partial charge on any atom is 0.0832 e. The lowest BCUT2D eigenvalue weighted by molar-refractivity contribution is 0.199. The summed E-state index contributed by atoms with van der Waals surface area (Å²) in [5.41, 5.74) is 1.62. The molecule has 1 aromatic carbocycles. The molecule has 0 bridgehead atoms. The quantitative estimate of drug-likeness (QED) is 0.847. The lowest BCUT2D eigenvalue weighted by Gasteiger charge is -2.08. The van der Waals surface area contributed by atoms with Gasteiger partial charge >= 0.3 is 0 Å². The van der Waals surface area contributed by atoms with Crippen LogP contribution in [0.1, 0.15) is 18.6 Å². The molecule has 0 saturated carbocycles. The Morgan fingerprint density at radius 2 is 2.25 bits per heavy atom. The SMILES string of the molecule is C[C@H](O)c1ccc(-n2cc(I)cn2)c(Cl)c1. The van der Waals surface area contributed by atoms with Crippen molar-refractivity contribution in [2.45, 2.75) is 13.0 Å². The Labute approximate surface area is 112 Å². The van der Waals surface area contributed by atoms with Crippen LogP contribution < -0.4 is 0 Å². The summed E-state index contributed by atoms with van der Waals surface area (Å²) >= 11 is 8.33. The molecule has 84 valence electrons. The first-order chi connectivity index (χ1) is 7.58. The zero-order valence-electron chi connectivity index (χ0n) is 8.56. The molecule has 0 fully saturated rings. The molecule has 0 amide bonds. The average molecular weight is 349 g/mol. The van der Waals surface area contributed by atoms with Gasteiger partial charge in [0.25, 0.3) is 0 Å². The molecule has 0 spiro atoms. The first-order valence-corrected chi connectivity index (χ1v) is 6.21. The number of aliphatic hydroxyl groups excluding tert-OH is 1. The minimum atomic E-state index is -0.510. The van der Waals surface area contributed by atoms with E-state index in [4.69, 9.17) is 11.6 Å². The normalized spacial score (nSPS) is 12.8. The van der Waals surface area contributed by atoms with E-state index >= 15 is 0 Å². The molecule has 2 rings (SSSR count). The van der Waals surface area contributed by atoms with Gasteiger partial charge in [-0.3, -0.25) is 0 Å². The van der Waals surface area contributed by atoms with Gasteiger partial charge in [-0.15, -0.1) is 0 Å². The molecule has 0 unspecified atom stereocenters. The van der Waals surface area contributed by atoms with Crippen LogP contribution in [0.3, 0.4) is 0 Å². The van der Waals surface area contributed by atoms with Gasteiger partial charge in [0.1, 0.15) is 0 Å². The maximum atomic E-state index is 9.43. The molecule has 0 radical (unpaired) electrons. The van der Waals surface area contributed by atoms with Gasteiger partial charge in [-0.25, -0.2) is 4.68 Å². The standard InChI is InChI=1S/C11H10ClIN2O/c1-7(16)8-2-3-11(10(12)4-8)15-6-9(13)5-14-15/h2-7,16H,1H3/t7-/m0/s1. The van der Waals surface area contributed by atoms with Crippen LogP contribution in [-0.4, -0.2) is 14.9 Å². The Bertz CT molecular complexity index is 510. The van der Waals surface area contributed by atoms with Gasteiger partial charge in [-0.2, -0.15) is 5.10 Å². The summed E-state index contributed by atoms with van der Waals surface area (Å²) in [6, 6.07) is 5.46. The fraction of sp³-hybridized carbons (Fsp3) is 0.182. The zero-order chi connectivity index (χ0) is 11.7. The Morgan fingerprint density at radius 1 is 1.50 bits per heavy atom. The van der Waals surface area contributed by atoms with Gasteiger partial charge in [0, 0.05) is 6.20 Å². The van der Waals surface area contributed by atoms with Crippen LogP contribution in [0.15, 0.2) is 30.6 Å². The molecule has 3 nitrogen and oxygen atoms in total. The highest BCUT2D eigenvalue weighted by Gasteiger charge is 2.07. The van der Waals surface area contributed by atoms with E-state index in [1.807, 2.05) is 18.3 Å². The number of aromatic nitrogens is 2. The molecule has 1 N–H and O–H groups in total. The highest BCUT2D eigenvalue weighted by atomic mass is 127. The van der Waals surface area contributed by atoms with Crippen molar-refractivity contribution in [1.29, 1.82) is 0 Å². The van der Waals surface area contributed by atoms with E-state index in [0.29, 0.717) is 5.02 Å². The number of hydrogen-bond acceptors (Lipinski definition) is 2. The Balaban J connectivity index is 2.44. The zero-order valence-corrected chi connectivity index (χ0v) is 11.5. The van der Waals surface area contributed by atoms with E-state index in [9.17, 15) is 5.11 Å². The molecule has 5 heteroatoms. The van der Waals surface area contributed by atoms with Crippen LogP contribution >= 0.6 is 34.2 Å². The molecule has 1 heterocycles. The summed E-state index contributed by atoms with van der Waals surface area (Å²) < 4.78 is 2.77. The second kappa shape index (κ2) is 4.73. The summed E-state index contributed by atoms with van der Waals surface area (Å²) in [7, 11) is 0. The second-order valence-electron chi connectivity index (χ2n) is 3.49. The van der Waals surface area contributed by atoms with Crippen molar-refractivity contribution in [2.24, 2.45) is 0 Å². The van der Waals surface area contributed by atoms with Crippen molar-refractivity contribution in [1.82, 2.24) is 9.78 Å². The van der Waals surface area contributed by atoms with Gasteiger partial charge in [-0.1, -0.05) is 17.7 Å². The predicted octanol–water partition coefficient (Wildman–Crippen LogP) is 3.18. The monoisotopic (exact) mass is 348 g/mol. The number of halogens is 2. The van der Waals surface area contributed by atoms with Crippen molar-refractivity contribution < 1.29 is 5.11 Å². The van der Waals surface area contributed by atoms with Crippen LogP contribution in [0.5, 0.6) is 0 Å². The van der Waals surface area contributed by atoms with E-state index in [1.165, 1.54) is 0 Å². The molecule has 0 aliphatic heterocycles. The number of aliphatic hydroxyl groups is 1. The minimum absolute atomic E-state index is 0.510. The van der Waals surface area contributed by atoms with Crippen molar-refractivity contribution in [3.05, 3.63) is 44.7 Å². The summed E-state index contributed by atoms with van der Waals surface area (Å²) in [5.74, 6) is 0. The van der Waals surface area contributed by atoms with Crippen molar-refractivity contribution >= 4 is 34.2 Å². The summed E-state index contributed by atoms with van der Waals surface area (Å²) in [6.07, 6.45) is 3.15. The van der Waals surface area contributed by atoms with Crippen molar-refractivity contribution in [3.8, 4) is 5.69 Å². The highest BCUT2D eigenvalue weighted by molar-refractivity contribution is 14.1. The van der Waals surface area contributed by atoms with Gasteiger partial charge in [0.05, 0.1) is 26.6 Å². The molecular formula is C11H10ClIN2O. The third-order valence-corrected chi connectivity index (χ3v) is 3.11. The average Bonchev–Trinajstić information content (AvgIpc) is 2.64. The predicted molar refractivity (Wildman–Crippen MR) is 71.9 cm³/mol. The topological polar surface area (TPSA) is 38.0 Å². The molecule has 0 aliphatic rings. The van der Waals surface area contributed by atoms with E-state index in [2.05, 4.69) is 27.7 Å². The first kappa shape index (κ1) is 11.9. The van der Waals surface area contributed by atoms with Crippen LogP contribution in [-0.2, 0) is 0 Å². The fourth-order valence-electron chi connectivity index (χ4n) is 1.40. The number of rotatable bonds is 2. The van der Waals surface area contributed by atoms with Crippen LogP contribution in [0.2, 0.25) is 5.02 Å². The third-order valence-electron chi connectivity index (χ3n) is 2.25. The maximum absolute atomic E-state index is 9.43. The van der Waals surface area contributed by atoms with Crippen LogP contribution in [0.25, 0.3) is 5.69 Å². The molecule has 16 heavy (non-hydrogen) atoms. The second-order valence-corrected chi connectivity index (χ2v) is 5.14. The smallest absolute Gasteiger partial charge is 0.0832 e. The molecule has 0 aliphatic carbocycles. The molecule has 1 aromatic heterocycles. The van der Waals surface area contributed by atoms with Crippen molar-refractivity contribution in [2.75, 3.05) is 0 Å². The van der Waals surface area contributed by atoms with Gasteiger partial charge in [0.15, 0.2) is 0 Å². The van der Waals surface area contributed by atoms with Crippen molar-refractivity contribution in [3.63, 3.8) is 0 Å². The highest BCUT2D eigenvalue weighted by Crippen LogP contribution is 2.24. The first-order valence-electron chi connectivity index (χ1n) is 4.76. The lowest BCUT2D eigenvalue weighted by Crippen LogP contribution is -1.97. The number of hydrogen-bond donors (Lipinski definition) is 1. The van der Waals surface area contributed by atoms with E-state index in [0.717, 1.165) is 14.8 Å². The van der Waals surface area contributed by atoms with E-state index in [-0.39, 0.29) is 0 Å². The summed E-state index contributed by atoms with van der Waals surface area (Å²) in [5, 5.41) is 14.2. The minimum Gasteiger partial charge on any atom is -0.389 e. The molecule has 0 saturated heterocycles. The van der Waals surface area contributed by atoms with Crippen LogP contribution in [0, 0.1) is 3.57 Å². The van der Waals surface area contributed by atoms with E-state index in [1.54, 1.807) is 23.9 Å². The Morgan fingerprint density at radius 3 is 2.75 bits per heavy atom. The summed E-state index contributed by atoms with van der Waals surface area (Å²) in [4.78, 5) is 0. The third kappa shape index (κ3) is 2.39. The Kier molecular flexibility index (Phi) is 3.51.